The van der Waals surface area contributed by atoms with Gasteiger partial charge < -0.3 is 10.4 Å². The van der Waals surface area contributed by atoms with Gasteiger partial charge in [-0.15, -0.1) is 0 Å². The molecular formula is C15H13Br2NO2. The predicted molar refractivity (Wildman–Crippen MR) is 85.6 cm³/mol. The van der Waals surface area contributed by atoms with E-state index in [0.717, 1.165) is 14.5 Å². The van der Waals surface area contributed by atoms with E-state index in [1.54, 1.807) is 12.1 Å². The molecule has 0 saturated carbocycles. The van der Waals surface area contributed by atoms with Crippen molar-refractivity contribution < 1.29 is 9.90 Å². The summed E-state index contributed by atoms with van der Waals surface area (Å²) >= 11 is 6.70. The topological polar surface area (TPSA) is 49.3 Å². The number of aliphatic hydroxyl groups is 1. The normalized spacial score (nSPS) is 11.9. The van der Waals surface area contributed by atoms with Gasteiger partial charge in [0.05, 0.1) is 12.6 Å². The van der Waals surface area contributed by atoms with Gasteiger partial charge in [0.25, 0.3) is 5.91 Å². The lowest BCUT2D eigenvalue weighted by Crippen LogP contribution is -2.30. The van der Waals surface area contributed by atoms with Crippen LogP contribution in [-0.4, -0.2) is 17.6 Å². The molecule has 0 spiro atoms. The van der Waals surface area contributed by atoms with E-state index in [2.05, 4.69) is 37.2 Å². The summed E-state index contributed by atoms with van der Waals surface area (Å²) in [6.45, 7) is -0.148. The molecule has 1 amide bonds. The van der Waals surface area contributed by atoms with Crippen molar-refractivity contribution in [2.45, 2.75) is 6.04 Å². The van der Waals surface area contributed by atoms with Crippen molar-refractivity contribution in [2.24, 2.45) is 0 Å². The fourth-order valence-electron chi connectivity index (χ4n) is 1.85. The molecule has 0 fully saturated rings. The highest BCUT2D eigenvalue weighted by Crippen LogP contribution is 2.21. The van der Waals surface area contributed by atoms with Crippen LogP contribution in [0.3, 0.4) is 0 Å². The first-order valence-electron chi connectivity index (χ1n) is 6.03. The minimum atomic E-state index is -0.415. The molecule has 5 heteroatoms. The van der Waals surface area contributed by atoms with Crippen molar-refractivity contribution in [1.82, 2.24) is 5.32 Å². The van der Waals surface area contributed by atoms with E-state index in [-0.39, 0.29) is 12.5 Å². The SMILES string of the molecule is O=C(N[C@H](CO)c1ccccc1)c1cc(Br)cc(Br)c1. The highest BCUT2D eigenvalue weighted by Gasteiger charge is 2.15. The summed E-state index contributed by atoms with van der Waals surface area (Å²) < 4.78 is 1.63. The Morgan fingerprint density at radius 2 is 1.70 bits per heavy atom. The predicted octanol–water partition coefficient (Wildman–Crippen LogP) is 3.68. The van der Waals surface area contributed by atoms with Crippen molar-refractivity contribution in [1.29, 1.82) is 0 Å². The third-order valence-electron chi connectivity index (χ3n) is 2.81. The number of rotatable bonds is 4. The first-order chi connectivity index (χ1) is 9.60. The van der Waals surface area contributed by atoms with Gasteiger partial charge in [-0.2, -0.15) is 0 Å². The standard InChI is InChI=1S/C15H13Br2NO2/c16-12-6-11(7-13(17)8-12)15(20)18-14(9-19)10-4-2-1-3-5-10/h1-8,14,19H,9H2,(H,18,20)/t14-/m1/s1. The number of hydrogen-bond donors (Lipinski definition) is 2. The lowest BCUT2D eigenvalue weighted by molar-refractivity contribution is 0.0916. The van der Waals surface area contributed by atoms with Crippen LogP contribution < -0.4 is 5.32 Å². The molecule has 0 aromatic heterocycles. The Labute approximate surface area is 134 Å². The molecule has 0 aliphatic rings. The Kier molecular flexibility index (Phi) is 5.34. The van der Waals surface area contributed by atoms with Gasteiger partial charge in [0.1, 0.15) is 0 Å². The molecule has 2 aromatic rings. The summed E-state index contributed by atoms with van der Waals surface area (Å²) in [4.78, 5) is 12.2. The first kappa shape index (κ1) is 15.2. The van der Waals surface area contributed by atoms with Gasteiger partial charge >= 0.3 is 0 Å². The molecule has 0 bridgehead atoms. The fourth-order valence-corrected chi connectivity index (χ4v) is 3.14. The molecule has 2 aromatic carbocycles. The van der Waals surface area contributed by atoms with Crippen molar-refractivity contribution >= 4 is 37.8 Å². The van der Waals surface area contributed by atoms with E-state index < -0.39 is 6.04 Å². The van der Waals surface area contributed by atoms with Crippen LogP contribution in [0.15, 0.2) is 57.5 Å². The summed E-state index contributed by atoms with van der Waals surface area (Å²) in [5.41, 5.74) is 1.40. The lowest BCUT2D eigenvalue weighted by Gasteiger charge is -2.17. The van der Waals surface area contributed by atoms with Gasteiger partial charge in [0, 0.05) is 14.5 Å². The Morgan fingerprint density at radius 3 is 2.25 bits per heavy atom. The van der Waals surface area contributed by atoms with Crippen LogP contribution in [0, 0.1) is 0 Å². The average molecular weight is 399 g/mol. The molecule has 3 nitrogen and oxygen atoms in total. The zero-order chi connectivity index (χ0) is 14.5. The molecule has 20 heavy (non-hydrogen) atoms. The second-order valence-electron chi connectivity index (χ2n) is 4.28. The smallest absolute Gasteiger partial charge is 0.251 e. The number of nitrogens with one attached hydrogen (secondary N) is 1. The number of carbonyl (C=O) groups is 1. The Morgan fingerprint density at radius 1 is 1.10 bits per heavy atom. The second-order valence-corrected chi connectivity index (χ2v) is 6.11. The largest absolute Gasteiger partial charge is 0.394 e. The van der Waals surface area contributed by atoms with E-state index in [1.165, 1.54) is 0 Å². The number of benzene rings is 2. The number of carbonyl (C=O) groups excluding carboxylic acids is 1. The fraction of sp³-hybridized carbons (Fsp3) is 0.133. The maximum atomic E-state index is 12.2. The van der Waals surface area contributed by atoms with E-state index in [1.807, 2.05) is 36.4 Å². The number of amides is 1. The third-order valence-corrected chi connectivity index (χ3v) is 3.73. The zero-order valence-corrected chi connectivity index (χ0v) is 13.7. The molecule has 104 valence electrons. The highest BCUT2D eigenvalue weighted by atomic mass is 79.9. The lowest BCUT2D eigenvalue weighted by atomic mass is 10.1. The third kappa shape index (κ3) is 3.91. The van der Waals surface area contributed by atoms with Gasteiger partial charge in [-0.1, -0.05) is 62.2 Å². The van der Waals surface area contributed by atoms with Gasteiger partial charge in [-0.05, 0) is 23.8 Å². The molecule has 0 heterocycles. The van der Waals surface area contributed by atoms with Crippen LogP contribution in [-0.2, 0) is 0 Å². The maximum Gasteiger partial charge on any atom is 0.251 e. The van der Waals surface area contributed by atoms with Gasteiger partial charge in [-0.3, -0.25) is 4.79 Å². The van der Waals surface area contributed by atoms with Crippen LogP contribution in [0.25, 0.3) is 0 Å². The molecule has 2 N–H and O–H groups in total. The van der Waals surface area contributed by atoms with E-state index in [4.69, 9.17) is 0 Å². The zero-order valence-electron chi connectivity index (χ0n) is 10.5. The minimum Gasteiger partial charge on any atom is -0.394 e. The van der Waals surface area contributed by atoms with Gasteiger partial charge in [0.2, 0.25) is 0 Å². The molecule has 2 rings (SSSR count). The highest BCUT2D eigenvalue weighted by molar-refractivity contribution is 9.11. The van der Waals surface area contributed by atoms with Crippen LogP contribution >= 0.6 is 31.9 Å². The molecule has 0 aliphatic carbocycles. The van der Waals surface area contributed by atoms with E-state index >= 15 is 0 Å². The summed E-state index contributed by atoms with van der Waals surface area (Å²) in [6.07, 6.45) is 0. The number of hydrogen-bond acceptors (Lipinski definition) is 2. The van der Waals surface area contributed by atoms with Crippen molar-refractivity contribution in [3.8, 4) is 0 Å². The average Bonchev–Trinajstić information content (AvgIpc) is 2.44. The van der Waals surface area contributed by atoms with Crippen LogP contribution in [0.1, 0.15) is 22.0 Å². The van der Waals surface area contributed by atoms with Gasteiger partial charge in [0.15, 0.2) is 0 Å². The summed E-state index contributed by atoms with van der Waals surface area (Å²) in [5.74, 6) is -0.227. The Bertz CT molecular complexity index is 582. The van der Waals surface area contributed by atoms with E-state index in [0.29, 0.717) is 5.56 Å². The molecule has 1 atom stereocenters. The summed E-state index contributed by atoms with van der Waals surface area (Å²) in [5, 5.41) is 12.3. The van der Waals surface area contributed by atoms with Gasteiger partial charge in [-0.25, -0.2) is 0 Å². The molecule has 0 unspecified atom stereocenters. The maximum absolute atomic E-state index is 12.2. The second kappa shape index (κ2) is 7.02. The Hall–Kier alpha value is -1.17. The minimum absolute atomic E-state index is 0.148. The number of aliphatic hydroxyl groups excluding tert-OH is 1. The van der Waals surface area contributed by atoms with Crippen LogP contribution in [0.5, 0.6) is 0 Å². The molecule has 0 aliphatic heterocycles. The molecule has 0 saturated heterocycles. The van der Waals surface area contributed by atoms with Crippen molar-refractivity contribution in [3.63, 3.8) is 0 Å². The van der Waals surface area contributed by atoms with Crippen LogP contribution in [0.4, 0.5) is 0 Å². The molecule has 0 radical (unpaired) electrons. The summed E-state index contributed by atoms with van der Waals surface area (Å²) in [7, 11) is 0. The van der Waals surface area contributed by atoms with Crippen molar-refractivity contribution in [3.05, 3.63) is 68.6 Å². The van der Waals surface area contributed by atoms with Crippen molar-refractivity contribution in [2.75, 3.05) is 6.61 Å². The summed E-state index contributed by atoms with van der Waals surface area (Å²) in [6, 6.07) is 14.3. The monoisotopic (exact) mass is 397 g/mol. The van der Waals surface area contributed by atoms with E-state index in [9.17, 15) is 9.90 Å². The first-order valence-corrected chi connectivity index (χ1v) is 7.61. The number of halogens is 2. The quantitative estimate of drug-likeness (QED) is 0.825. The Balaban J connectivity index is 2.17. The van der Waals surface area contributed by atoms with Crippen LogP contribution in [0.2, 0.25) is 0 Å². The molecular weight excluding hydrogens is 386 g/mol.